The van der Waals surface area contributed by atoms with Gasteiger partial charge in [0.05, 0.1) is 0 Å². The Morgan fingerprint density at radius 1 is 1.19 bits per heavy atom. The van der Waals surface area contributed by atoms with Crippen LogP contribution in [0.3, 0.4) is 0 Å². The van der Waals surface area contributed by atoms with Gasteiger partial charge < -0.3 is 15.5 Å². The van der Waals surface area contributed by atoms with E-state index in [1.807, 2.05) is 0 Å². The van der Waals surface area contributed by atoms with Gasteiger partial charge in [0.25, 0.3) is 0 Å². The topological polar surface area (TPSA) is 27.3 Å². The molecule has 1 aliphatic carbocycles. The molecular formula is C13H27N3. The molecule has 0 amide bonds. The summed E-state index contributed by atoms with van der Waals surface area (Å²) in [4.78, 5) is 2.59. The molecule has 3 heteroatoms. The van der Waals surface area contributed by atoms with E-state index >= 15 is 0 Å². The van der Waals surface area contributed by atoms with Crippen LogP contribution in [0.25, 0.3) is 0 Å². The van der Waals surface area contributed by atoms with E-state index in [9.17, 15) is 0 Å². The van der Waals surface area contributed by atoms with Crippen LogP contribution >= 0.6 is 0 Å². The van der Waals surface area contributed by atoms with Crippen LogP contribution in [0, 0.1) is 0 Å². The molecule has 0 aromatic carbocycles. The molecule has 94 valence electrons. The van der Waals surface area contributed by atoms with Gasteiger partial charge in [0.1, 0.15) is 0 Å². The average molecular weight is 225 g/mol. The molecule has 16 heavy (non-hydrogen) atoms. The quantitative estimate of drug-likeness (QED) is 0.736. The Kier molecular flexibility index (Phi) is 4.62. The maximum absolute atomic E-state index is 3.79. The first-order valence-corrected chi connectivity index (χ1v) is 7.03. The number of rotatable bonds is 5. The molecule has 0 spiro atoms. The third-order valence-corrected chi connectivity index (χ3v) is 4.35. The first kappa shape index (κ1) is 12.3. The van der Waals surface area contributed by atoms with Crippen molar-refractivity contribution in [2.24, 2.45) is 0 Å². The fourth-order valence-electron chi connectivity index (χ4n) is 2.86. The number of nitrogens with one attached hydrogen (secondary N) is 2. The van der Waals surface area contributed by atoms with Crippen molar-refractivity contribution in [2.75, 3.05) is 39.3 Å². The van der Waals surface area contributed by atoms with Gasteiger partial charge in [-0.1, -0.05) is 6.92 Å². The summed E-state index contributed by atoms with van der Waals surface area (Å²) in [5, 5.41) is 7.24. The van der Waals surface area contributed by atoms with Crippen molar-refractivity contribution in [1.82, 2.24) is 15.5 Å². The summed E-state index contributed by atoms with van der Waals surface area (Å²) in [7, 11) is 0. The molecule has 0 bridgehead atoms. The molecule has 2 fully saturated rings. The molecule has 0 aromatic heterocycles. The lowest BCUT2D eigenvalue weighted by Crippen LogP contribution is -2.52. The predicted octanol–water partition coefficient (Wildman–Crippen LogP) is 1.20. The van der Waals surface area contributed by atoms with Gasteiger partial charge in [-0.05, 0) is 45.2 Å². The summed E-state index contributed by atoms with van der Waals surface area (Å²) in [5.74, 6) is 0. The van der Waals surface area contributed by atoms with Gasteiger partial charge in [0.15, 0.2) is 0 Å². The van der Waals surface area contributed by atoms with Crippen LogP contribution in [-0.4, -0.2) is 49.7 Å². The number of hydrogen-bond acceptors (Lipinski definition) is 3. The highest BCUT2D eigenvalue weighted by Crippen LogP contribution is 2.34. The van der Waals surface area contributed by atoms with Crippen molar-refractivity contribution in [2.45, 2.75) is 44.6 Å². The zero-order chi connectivity index (χ0) is 11.3. The fraction of sp³-hybridized carbons (Fsp3) is 1.00. The first-order valence-electron chi connectivity index (χ1n) is 7.03. The maximum Gasteiger partial charge on any atom is 0.0179 e. The molecule has 0 aromatic rings. The zero-order valence-electron chi connectivity index (χ0n) is 10.7. The SMILES string of the molecule is CCC1(NCCN2CCCNCC2)CCC1. The van der Waals surface area contributed by atoms with Crippen molar-refractivity contribution in [3.05, 3.63) is 0 Å². The summed E-state index contributed by atoms with van der Waals surface area (Å²) >= 11 is 0. The molecule has 1 heterocycles. The van der Waals surface area contributed by atoms with E-state index in [2.05, 4.69) is 22.5 Å². The second-order valence-electron chi connectivity index (χ2n) is 5.36. The summed E-state index contributed by atoms with van der Waals surface area (Å²) in [6.45, 7) is 9.58. The van der Waals surface area contributed by atoms with Crippen molar-refractivity contribution in [3.8, 4) is 0 Å². The highest BCUT2D eigenvalue weighted by Gasteiger charge is 2.34. The van der Waals surface area contributed by atoms with Crippen LogP contribution in [0.4, 0.5) is 0 Å². The Morgan fingerprint density at radius 2 is 2.06 bits per heavy atom. The van der Waals surface area contributed by atoms with Crippen molar-refractivity contribution in [1.29, 1.82) is 0 Å². The monoisotopic (exact) mass is 225 g/mol. The Hall–Kier alpha value is -0.120. The third kappa shape index (κ3) is 3.19. The smallest absolute Gasteiger partial charge is 0.0179 e. The highest BCUT2D eigenvalue weighted by atomic mass is 15.2. The lowest BCUT2D eigenvalue weighted by molar-refractivity contribution is 0.167. The Bertz CT molecular complexity index is 188. The van der Waals surface area contributed by atoms with Crippen molar-refractivity contribution in [3.63, 3.8) is 0 Å². The van der Waals surface area contributed by atoms with Crippen LogP contribution in [-0.2, 0) is 0 Å². The molecule has 2 rings (SSSR count). The van der Waals surface area contributed by atoms with Gasteiger partial charge in [0, 0.05) is 31.7 Å². The number of hydrogen-bond donors (Lipinski definition) is 2. The van der Waals surface area contributed by atoms with E-state index in [4.69, 9.17) is 0 Å². The standard InChI is InChI=1S/C13H27N3/c1-2-13(5-3-6-13)15-9-12-16-10-4-7-14-8-11-16/h14-15H,2-12H2,1H3. The molecule has 0 unspecified atom stereocenters. The molecule has 3 nitrogen and oxygen atoms in total. The summed E-state index contributed by atoms with van der Waals surface area (Å²) in [6, 6.07) is 0. The second-order valence-corrected chi connectivity index (χ2v) is 5.36. The van der Waals surface area contributed by atoms with E-state index in [0.717, 1.165) is 0 Å². The maximum atomic E-state index is 3.79. The average Bonchev–Trinajstić information content (AvgIpc) is 2.50. The molecule has 1 saturated carbocycles. The van der Waals surface area contributed by atoms with Crippen LogP contribution < -0.4 is 10.6 Å². The van der Waals surface area contributed by atoms with Crippen LogP contribution in [0.1, 0.15) is 39.0 Å². The van der Waals surface area contributed by atoms with Gasteiger partial charge in [-0.2, -0.15) is 0 Å². The minimum atomic E-state index is 0.518. The summed E-state index contributed by atoms with van der Waals surface area (Å²) in [6.07, 6.45) is 6.82. The van der Waals surface area contributed by atoms with Crippen LogP contribution in [0.15, 0.2) is 0 Å². The first-order chi connectivity index (χ1) is 7.85. The van der Waals surface area contributed by atoms with Gasteiger partial charge in [-0.3, -0.25) is 0 Å². The van der Waals surface area contributed by atoms with E-state index in [-0.39, 0.29) is 0 Å². The zero-order valence-corrected chi connectivity index (χ0v) is 10.7. The van der Waals surface area contributed by atoms with E-state index < -0.39 is 0 Å². The molecule has 1 aliphatic heterocycles. The van der Waals surface area contributed by atoms with Crippen LogP contribution in [0.5, 0.6) is 0 Å². The van der Waals surface area contributed by atoms with Gasteiger partial charge in [-0.25, -0.2) is 0 Å². The van der Waals surface area contributed by atoms with E-state index in [1.165, 1.54) is 71.4 Å². The van der Waals surface area contributed by atoms with Crippen molar-refractivity contribution >= 4 is 0 Å². The Morgan fingerprint density at radius 3 is 2.75 bits per heavy atom. The highest BCUT2D eigenvalue weighted by molar-refractivity contribution is 4.94. The number of nitrogens with zero attached hydrogens (tertiary/aromatic N) is 1. The van der Waals surface area contributed by atoms with Gasteiger partial charge in [-0.15, -0.1) is 0 Å². The largest absolute Gasteiger partial charge is 0.315 e. The summed E-state index contributed by atoms with van der Waals surface area (Å²) in [5.41, 5.74) is 0.518. The lowest BCUT2D eigenvalue weighted by Gasteiger charge is -2.42. The Balaban J connectivity index is 1.62. The molecule has 0 radical (unpaired) electrons. The fourth-order valence-corrected chi connectivity index (χ4v) is 2.86. The second kappa shape index (κ2) is 5.99. The van der Waals surface area contributed by atoms with Crippen molar-refractivity contribution < 1.29 is 0 Å². The minimum absolute atomic E-state index is 0.518. The molecule has 2 N–H and O–H groups in total. The van der Waals surface area contributed by atoms with Gasteiger partial charge in [0.2, 0.25) is 0 Å². The summed E-state index contributed by atoms with van der Waals surface area (Å²) < 4.78 is 0. The lowest BCUT2D eigenvalue weighted by atomic mass is 9.75. The van der Waals surface area contributed by atoms with E-state index in [1.54, 1.807) is 0 Å². The normalized spacial score (nSPS) is 26.1. The molecule has 2 aliphatic rings. The Labute approximate surface area is 100.0 Å². The third-order valence-electron chi connectivity index (χ3n) is 4.35. The molecule has 0 atom stereocenters. The predicted molar refractivity (Wildman–Crippen MR) is 68.8 cm³/mol. The van der Waals surface area contributed by atoms with Gasteiger partial charge >= 0.3 is 0 Å². The van der Waals surface area contributed by atoms with Crippen LogP contribution in [0.2, 0.25) is 0 Å². The van der Waals surface area contributed by atoms with E-state index in [0.29, 0.717) is 5.54 Å². The molecule has 1 saturated heterocycles. The minimum Gasteiger partial charge on any atom is -0.315 e. The molecular weight excluding hydrogens is 198 g/mol.